The maximum atomic E-state index is 11.8. The number of nitrogens with one attached hydrogen (secondary N) is 2. The molecule has 0 aliphatic carbocycles. The highest BCUT2D eigenvalue weighted by Gasteiger charge is 2.27. The van der Waals surface area contributed by atoms with Crippen LogP contribution in [-0.4, -0.2) is 55.4 Å². The molecule has 18 heavy (non-hydrogen) atoms. The van der Waals surface area contributed by atoms with Crippen LogP contribution in [0.25, 0.3) is 0 Å². The fourth-order valence-corrected chi connectivity index (χ4v) is 1.88. The average Bonchev–Trinajstić information content (AvgIpc) is 2.14. The van der Waals surface area contributed by atoms with E-state index in [1.54, 1.807) is 0 Å². The molecule has 0 aliphatic rings. The van der Waals surface area contributed by atoms with Gasteiger partial charge >= 0.3 is 6.03 Å². The molecule has 108 valence electrons. The Morgan fingerprint density at radius 1 is 1.28 bits per heavy atom. The average molecular weight is 259 g/mol. The maximum Gasteiger partial charge on any atom is 0.315 e. The van der Waals surface area contributed by atoms with Crippen LogP contribution in [0.15, 0.2) is 0 Å². The molecule has 0 radical (unpaired) electrons. The number of carbonyl (C=O) groups excluding carboxylic acids is 1. The van der Waals surface area contributed by atoms with Crippen LogP contribution in [0.3, 0.4) is 0 Å². The molecule has 0 spiro atoms. The van der Waals surface area contributed by atoms with E-state index in [-0.39, 0.29) is 30.1 Å². The van der Waals surface area contributed by atoms with Crippen LogP contribution in [-0.2, 0) is 0 Å². The Morgan fingerprint density at radius 2 is 1.83 bits per heavy atom. The first kappa shape index (κ1) is 17.2. The van der Waals surface area contributed by atoms with Crippen molar-refractivity contribution in [2.45, 2.75) is 46.2 Å². The zero-order valence-corrected chi connectivity index (χ0v) is 12.6. The van der Waals surface area contributed by atoms with Crippen molar-refractivity contribution in [3.63, 3.8) is 0 Å². The monoisotopic (exact) mass is 259 g/mol. The van der Waals surface area contributed by atoms with E-state index in [4.69, 9.17) is 5.11 Å². The van der Waals surface area contributed by atoms with Crippen molar-refractivity contribution < 1.29 is 9.90 Å². The largest absolute Gasteiger partial charge is 0.396 e. The summed E-state index contributed by atoms with van der Waals surface area (Å²) in [5.74, 6) is 0. The number of aliphatic hydroxyl groups is 1. The van der Waals surface area contributed by atoms with Gasteiger partial charge in [-0.2, -0.15) is 0 Å². The van der Waals surface area contributed by atoms with Gasteiger partial charge in [0, 0.05) is 25.2 Å². The summed E-state index contributed by atoms with van der Waals surface area (Å²) in [5.41, 5.74) is 0.00105. The molecule has 0 bridgehead atoms. The van der Waals surface area contributed by atoms with Crippen molar-refractivity contribution in [2.75, 3.05) is 27.2 Å². The number of hydrogen-bond donors (Lipinski definition) is 3. The van der Waals surface area contributed by atoms with Crippen LogP contribution in [0.5, 0.6) is 0 Å². The Labute approximate surface area is 111 Å². The molecule has 0 aliphatic heterocycles. The maximum absolute atomic E-state index is 11.8. The highest BCUT2D eigenvalue weighted by atomic mass is 16.3. The van der Waals surface area contributed by atoms with Gasteiger partial charge in [-0.05, 0) is 39.8 Å². The summed E-state index contributed by atoms with van der Waals surface area (Å²) in [7, 11) is 4.05. The summed E-state index contributed by atoms with van der Waals surface area (Å²) in [4.78, 5) is 13.9. The van der Waals surface area contributed by atoms with Gasteiger partial charge < -0.3 is 20.6 Å². The van der Waals surface area contributed by atoms with E-state index in [0.717, 1.165) is 6.54 Å². The standard InChI is InChI=1S/C13H29N3O2/c1-10(7-8-17)14-12(18)15-11(2)13(3,4)9-16(5)6/h10-11,17H,7-9H2,1-6H3,(H2,14,15,18)/t10-,11?/m1/s1. The van der Waals surface area contributed by atoms with E-state index in [9.17, 15) is 4.79 Å². The van der Waals surface area contributed by atoms with Crippen LogP contribution in [0.1, 0.15) is 34.1 Å². The zero-order chi connectivity index (χ0) is 14.3. The van der Waals surface area contributed by atoms with Gasteiger partial charge in [-0.3, -0.25) is 0 Å². The van der Waals surface area contributed by atoms with Gasteiger partial charge in [0.2, 0.25) is 0 Å². The highest BCUT2D eigenvalue weighted by molar-refractivity contribution is 5.74. The molecule has 0 heterocycles. The smallest absolute Gasteiger partial charge is 0.315 e. The molecule has 0 fully saturated rings. The van der Waals surface area contributed by atoms with Crippen molar-refractivity contribution in [3.05, 3.63) is 0 Å². The topological polar surface area (TPSA) is 64.6 Å². The van der Waals surface area contributed by atoms with Crippen LogP contribution in [0.2, 0.25) is 0 Å². The second-order valence-corrected chi connectivity index (χ2v) is 5.98. The molecular weight excluding hydrogens is 230 g/mol. The van der Waals surface area contributed by atoms with Gasteiger partial charge in [0.05, 0.1) is 0 Å². The van der Waals surface area contributed by atoms with Crippen LogP contribution < -0.4 is 10.6 Å². The number of aliphatic hydroxyl groups excluding tert-OH is 1. The predicted molar refractivity (Wildman–Crippen MR) is 74.6 cm³/mol. The molecule has 5 heteroatoms. The third-order valence-electron chi connectivity index (χ3n) is 3.18. The van der Waals surface area contributed by atoms with Crippen molar-refractivity contribution in [2.24, 2.45) is 5.41 Å². The summed E-state index contributed by atoms with van der Waals surface area (Å²) in [6, 6.07) is -0.115. The van der Waals surface area contributed by atoms with Crippen LogP contribution in [0, 0.1) is 5.41 Å². The number of carbonyl (C=O) groups is 1. The zero-order valence-electron chi connectivity index (χ0n) is 12.6. The van der Waals surface area contributed by atoms with E-state index in [2.05, 4.69) is 29.4 Å². The Kier molecular flexibility index (Phi) is 7.25. The summed E-state index contributed by atoms with van der Waals surface area (Å²) in [5, 5.41) is 14.6. The molecule has 1 unspecified atom stereocenters. The van der Waals surface area contributed by atoms with Gasteiger partial charge in [0.1, 0.15) is 0 Å². The Bertz CT molecular complexity index is 255. The molecule has 0 aromatic heterocycles. The van der Waals surface area contributed by atoms with E-state index in [1.807, 2.05) is 27.9 Å². The SMILES string of the molecule is CC(NC(=O)N[C@H](C)CCO)C(C)(C)CN(C)C. The molecule has 3 N–H and O–H groups in total. The van der Waals surface area contributed by atoms with Crippen molar-refractivity contribution in [1.82, 2.24) is 15.5 Å². The summed E-state index contributed by atoms with van der Waals surface area (Å²) >= 11 is 0. The van der Waals surface area contributed by atoms with Gasteiger partial charge in [0.15, 0.2) is 0 Å². The van der Waals surface area contributed by atoms with Gasteiger partial charge in [-0.1, -0.05) is 13.8 Å². The first-order valence-corrected chi connectivity index (χ1v) is 6.51. The van der Waals surface area contributed by atoms with Crippen LogP contribution in [0.4, 0.5) is 4.79 Å². The molecule has 0 aromatic carbocycles. The summed E-state index contributed by atoms with van der Waals surface area (Å²) in [6.45, 7) is 9.15. The lowest BCUT2D eigenvalue weighted by molar-refractivity contribution is 0.177. The second-order valence-electron chi connectivity index (χ2n) is 5.98. The molecule has 2 atom stereocenters. The lowest BCUT2D eigenvalue weighted by atomic mass is 9.85. The lowest BCUT2D eigenvalue weighted by Gasteiger charge is -2.35. The third kappa shape index (κ3) is 6.81. The van der Waals surface area contributed by atoms with E-state index >= 15 is 0 Å². The summed E-state index contributed by atoms with van der Waals surface area (Å²) in [6.07, 6.45) is 0.572. The quantitative estimate of drug-likeness (QED) is 0.640. The number of hydrogen-bond acceptors (Lipinski definition) is 3. The number of urea groups is 1. The molecule has 0 saturated carbocycles. The molecule has 0 aromatic rings. The minimum Gasteiger partial charge on any atom is -0.396 e. The van der Waals surface area contributed by atoms with Gasteiger partial charge in [-0.25, -0.2) is 4.79 Å². The fourth-order valence-electron chi connectivity index (χ4n) is 1.88. The highest BCUT2D eigenvalue weighted by Crippen LogP contribution is 2.20. The number of nitrogens with zero attached hydrogens (tertiary/aromatic N) is 1. The van der Waals surface area contributed by atoms with Crippen molar-refractivity contribution in [1.29, 1.82) is 0 Å². The fraction of sp³-hybridized carbons (Fsp3) is 0.923. The number of amides is 2. The first-order valence-electron chi connectivity index (χ1n) is 6.51. The van der Waals surface area contributed by atoms with Crippen molar-refractivity contribution in [3.8, 4) is 0 Å². The summed E-state index contributed by atoms with van der Waals surface area (Å²) < 4.78 is 0. The van der Waals surface area contributed by atoms with E-state index < -0.39 is 0 Å². The normalized spacial score (nSPS) is 15.3. The first-order chi connectivity index (χ1) is 8.19. The van der Waals surface area contributed by atoms with E-state index in [0.29, 0.717) is 6.42 Å². The predicted octanol–water partition coefficient (Wildman–Crippen LogP) is 1.03. The number of rotatable bonds is 7. The van der Waals surface area contributed by atoms with Gasteiger partial charge in [0.25, 0.3) is 0 Å². The lowest BCUT2D eigenvalue weighted by Crippen LogP contribution is -2.51. The molecule has 0 saturated heterocycles. The molecule has 2 amide bonds. The second kappa shape index (κ2) is 7.59. The Balaban J connectivity index is 4.21. The minimum absolute atomic E-state index is 0.00105. The minimum atomic E-state index is -0.171. The molecule has 5 nitrogen and oxygen atoms in total. The van der Waals surface area contributed by atoms with E-state index in [1.165, 1.54) is 0 Å². The Hall–Kier alpha value is -0.810. The third-order valence-corrected chi connectivity index (χ3v) is 3.18. The van der Waals surface area contributed by atoms with Crippen molar-refractivity contribution >= 4 is 6.03 Å². The Morgan fingerprint density at radius 3 is 2.28 bits per heavy atom. The molecular formula is C13H29N3O2. The van der Waals surface area contributed by atoms with Gasteiger partial charge in [-0.15, -0.1) is 0 Å². The van der Waals surface area contributed by atoms with Crippen LogP contribution >= 0.6 is 0 Å². The molecule has 0 rings (SSSR count).